The van der Waals surface area contributed by atoms with E-state index in [1.165, 1.54) is 6.07 Å². The average molecular weight is 192 g/mol. The molecule has 2 nitrogen and oxygen atoms in total. The molecule has 0 aliphatic heterocycles. The number of hydrogen-bond acceptors (Lipinski definition) is 1. The zero-order valence-corrected chi connectivity index (χ0v) is 7.91. The van der Waals surface area contributed by atoms with E-state index in [-0.39, 0.29) is 5.82 Å². The third-order valence-electron chi connectivity index (χ3n) is 2.36. The third-order valence-corrected chi connectivity index (χ3v) is 2.36. The number of rotatable bonds is 3. The van der Waals surface area contributed by atoms with Crippen LogP contribution in [-0.2, 0) is 6.54 Å². The lowest BCUT2D eigenvalue weighted by molar-refractivity contribution is 0.638. The van der Waals surface area contributed by atoms with E-state index in [0.717, 1.165) is 18.5 Å². The van der Waals surface area contributed by atoms with E-state index in [9.17, 15) is 4.39 Å². The number of benzene rings is 1. The van der Waals surface area contributed by atoms with Crippen molar-refractivity contribution in [1.29, 1.82) is 0 Å². The Bertz CT molecular complexity index is 434. The first-order chi connectivity index (χ1) is 6.83. The van der Waals surface area contributed by atoms with Crippen molar-refractivity contribution in [2.75, 3.05) is 6.54 Å². The molecule has 0 spiro atoms. The van der Waals surface area contributed by atoms with Crippen molar-refractivity contribution < 1.29 is 4.39 Å². The first kappa shape index (κ1) is 9.21. The van der Waals surface area contributed by atoms with Gasteiger partial charge in [0.2, 0.25) is 0 Å². The van der Waals surface area contributed by atoms with Crippen LogP contribution in [0.15, 0.2) is 30.5 Å². The van der Waals surface area contributed by atoms with Crippen molar-refractivity contribution in [3.8, 4) is 0 Å². The topological polar surface area (TPSA) is 30.9 Å². The predicted octanol–water partition coefficient (Wildman–Crippen LogP) is 2.13. The summed E-state index contributed by atoms with van der Waals surface area (Å²) in [5.41, 5.74) is 6.37. The Morgan fingerprint density at radius 2 is 2.14 bits per heavy atom. The Kier molecular flexibility index (Phi) is 2.50. The lowest BCUT2D eigenvalue weighted by Crippen LogP contribution is -2.04. The fraction of sp³-hybridized carbons (Fsp3) is 0.273. The van der Waals surface area contributed by atoms with Gasteiger partial charge in [0, 0.05) is 18.1 Å². The van der Waals surface area contributed by atoms with E-state index >= 15 is 0 Å². The first-order valence-electron chi connectivity index (χ1n) is 4.76. The molecule has 0 saturated heterocycles. The van der Waals surface area contributed by atoms with E-state index in [1.54, 1.807) is 12.1 Å². The fourth-order valence-corrected chi connectivity index (χ4v) is 1.64. The molecule has 0 fully saturated rings. The average Bonchev–Trinajstić information content (AvgIpc) is 2.60. The van der Waals surface area contributed by atoms with Crippen LogP contribution in [-0.4, -0.2) is 11.1 Å². The molecule has 14 heavy (non-hydrogen) atoms. The van der Waals surface area contributed by atoms with E-state index in [4.69, 9.17) is 5.73 Å². The standard InChI is InChI=1S/C11H13FN2/c12-10-3-1-4-11-9(10)5-8-14(11)7-2-6-13/h1,3-5,8H,2,6-7,13H2. The smallest absolute Gasteiger partial charge is 0.132 e. The van der Waals surface area contributed by atoms with Crippen molar-refractivity contribution >= 4 is 10.9 Å². The zero-order chi connectivity index (χ0) is 9.97. The largest absolute Gasteiger partial charge is 0.347 e. The predicted molar refractivity (Wildman–Crippen MR) is 55.6 cm³/mol. The maximum Gasteiger partial charge on any atom is 0.132 e. The van der Waals surface area contributed by atoms with Crippen LogP contribution in [0.1, 0.15) is 6.42 Å². The Hall–Kier alpha value is -1.35. The van der Waals surface area contributed by atoms with E-state index in [1.807, 2.05) is 16.8 Å². The van der Waals surface area contributed by atoms with Gasteiger partial charge in [0.1, 0.15) is 5.82 Å². The van der Waals surface area contributed by atoms with Crippen LogP contribution in [0.4, 0.5) is 4.39 Å². The Labute approximate surface area is 82.1 Å². The van der Waals surface area contributed by atoms with Crippen LogP contribution in [0.5, 0.6) is 0 Å². The number of aryl methyl sites for hydroxylation is 1. The molecule has 0 unspecified atom stereocenters. The molecule has 1 aromatic heterocycles. The van der Waals surface area contributed by atoms with E-state index in [0.29, 0.717) is 11.9 Å². The highest BCUT2D eigenvalue weighted by molar-refractivity contribution is 5.80. The summed E-state index contributed by atoms with van der Waals surface area (Å²) >= 11 is 0. The first-order valence-corrected chi connectivity index (χ1v) is 4.76. The lowest BCUT2D eigenvalue weighted by Gasteiger charge is -2.03. The Morgan fingerprint density at radius 3 is 2.93 bits per heavy atom. The minimum Gasteiger partial charge on any atom is -0.347 e. The molecule has 1 aromatic carbocycles. The molecule has 0 aliphatic carbocycles. The van der Waals surface area contributed by atoms with Crippen LogP contribution >= 0.6 is 0 Å². The number of hydrogen-bond donors (Lipinski definition) is 1. The summed E-state index contributed by atoms with van der Waals surface area (Å²) in [5.74, 6) is -0.158. The van der Waals surface area contributed by atoms with Crippen molar-refractivity contribution in [3.05, 3.63) is 36.3 Å². The van der Waals surface area contributed by atoms with Gasteiger partial charge in [0.25, 0.3) is 0 Å². The molecule has 0 bridgehead atoms. The fourth-order valence-electron chi connectivity index (χ4n) is 1.64. The maximum absolute atomic E-state index is 13.3. The molecule has 0 saturated carbocycles. The quantitative estimate of drug-likeness (QED) is 0.793. The highest BCUT2D eigenvalue weighted by Gasteiger charge is 2.03. The number of fused-ring (bicyclic) bond motifs is 1. The summed E-state index contributed by atoms with van der Waals surface area (Å²) in [7, 11) is 0. The molecule has 0 atom stereocenters. The van der Waals surface area contributed by atoms with E-state index < -0.39 is 0 Å². The highest BCUT2D eigenvalue weighted by Crippen LogP contribution is 2.18. The summed E-state index contributed by atoms with van der Waals surface area (Å²) in [6.07, 6.45) is 2.82. The van der Waals surface area contributed by atoms with Gasteiger partial charge < -0.3 is 10.3 Å². The summed E-state index contributed by atoms with van der Waals surface area (Å²) in [5, 5.41) is 0.685. The normalized spacial score (nSPS) is 11.0. The maximum atomic E-state index is 13.3. The summed E-state index contributed by atoms with van der Waals surface area (Å²) in [6, 6.07) is 6.95. The molecule has 74 valence electrons. The molecule has 0 aliphatic rings. The van der Waals surface area contributed by atoms with E-state index in [2.05, 4.69) is 0 Å². The van der Waals surface area contributed by atoms with Crippen molar-refractivity contribution in [1.82, 2.24) is 4.57 Å². The summed E-state index contributed by atoms with van der Waals surface area (Å²) < 4.78 is 15.3. The molecular weight excluding hydrogens is 179 g/mol. The Balaban J connectivity index is 2.42. The van der Waals surface area contributed by atoms with Gasteiger partial charge in [-0.3, -0.25) is 0 Å². The number of halogens is 1. The van der Waals surface area contributed by atoms with Crippen LogP contribution in [0.3, 0.4) is 0 Å². The second kappa shape index (κ2) is 3.80. The van der Waals surface area contributed by atoms with Crippen molar-refractivity contribution in [2.45, 2.75) is 13.0 Å². The van der Waals surface area contributed by atoms with Gasteiger partial charge in [0.15, 0.2) is 0 Å². The molecule has 2 N–H and O–H groups in total. The minimum atomic E-state index is -0.158. The second-order valence-corrected chi connectivity index (χ2v) is 3.32. The third kappa shape index (κ3) is 1.51. The van der Waals surface area contributed by atoms with Gasteiger partial charge in [-0.05, 0) is 31.2 Å². The second-order valence-electron chi connectivity index (χ2n) is 3.32. The highest BCUT2D eigenvalue weighted by atomic mass is 19.1. The molecule has 1 heterocycles. The van der Waals surface area contributed by atoms with Crippen LogP contribution < -0.4 is 5.73 Å². The van der Waals surface area contributed by atoms with Gasteiger partial charge in [-0.1, -0.05) is 6.07 Å². The van der Waals surface area contributed by atoms with Crippen molar-refractivity contribution in [3.63, 3.8) is 0 Å². The molecule has 0 radical (unpaired) electrons. The van der Waals surface area contributed by atoms with Gasteiger partial charge in [0.05, 0.1) is 5.52 Å². The van der Waals surface area contributed by atoms with Gasteiger partial charge in [-0.25, -0.2) is 4.39 Å². The number of nitrogens with zero attached hydrogens (tertiary/aromatic N) is 1. The number of nitrogens with two attached hydrogens (primary N) is 1. The van der Waals surface area contributed by atoms with Crippen LogP contribution in [0.2, 0.25) is 0 Å². The van der Waals surface area contributed by atoms with Gasteiger partial charge in [-0.15, -0.1) is 0 Å². The summed E-state index contributed by atoms with van der Waals surface area (Å²) in [6.45, 7) is 1.51. The minimum absolute atomic E-state index is 0.158. The van der Waals surface area contributed by atoms with Crippen molar-refractivity contribution in [2.24, 2.45) is 5.73 Å². The zero-order valence-electron chi connectivity index (χ0n) is 7.91. The van der Waals surface area contributed by atoms with Gasteiger partial charge >= 0.3 is 0 Å². The SMILES string of the molecule is NCCCn1ccc2c(F)cccc21. The lowest BCUT2D eigenvalue weighted by atomic mass is 10.2. The Morgan fingerprint density at radius 1 is 1.29 bits per heavy atom. The van der Waals surface area contributed by atoms with Crippen LogP contribution in [0.25, 0.3) is 10.9 Å². The summed E-state index contributed by atoms with van der Waals surface area (Å²) in [4.78, 5) is 0. The molecule has 2 rings (SSSR count). The van der Waals surface area contributed by atoms with Crippen LogP contribution in [0, 0.1) is 5.82 Å². The van der Waals surface area contributed by atoms with Gasteiger partial charge in [-0.2, -0.15) is 0 Å². The number of aromatic nitrogens is 1. The monoisotopic (exact) mass is 192 g/mol. The molecular formula is C11H13FN2. The molecule has 3 heteroatoms. The molecule has 0 amide bonds. The molecule has 2 aromatic rings.